The fraction of sp³-hybridized carbons (Fsp3) is 0.250. The SMILES string of the molecule is Cc1oc(C2=NOC(c3cc(Cl)cc(Cl)c3)(C(F)(F)F)C2)cc1C(N)=O. The van der Waals surface area contributed by atoms with Crippen LogP contribution in [0.4, 0.5) is 13.2 Å². The van der Waals surface area contributed by atoms with Gasteiger partial charge in [0.25, 0.3) is 11.5 Å². The van der Waals surface area contributed by atoms with Crippen molar-refractivity contribution in [2.45, 2.75) is 25.1 Å². The summed E-state index contributed by atoms with van der Waals surface area (Å²) < 4.78 is 47.0. The van der Waals surface area contributed by atoms with Crippen molar-refractivity contribution in [1.29, 1.82) is 0 Å². The first-order valence-corrected chi connectivity index (χ1v) is 7.98. The predicted octanol–water partition coefficient (Wildman–Crippen LogP) is 4.58. The Kier molecular flexibility index (Phi) is 4.44. The Morgan fingerprint density at radius 1 is 1.23 bits per heavy atom. The molecule has 0 saturated carbocycles. The third-order valence-electron chi connectivity index (χ3n) is 3.98. The normalized spacial score (nSPS) is 20.0. The molecule has 0 spiro atoms. The van der Waals surface area contributed by atoms with E-state index in [1.54, 1.807) is 0 Å². The number of primary amides is 1. The van der Waals surface area contributed by atoms with E-state index in [1.165, 1.54) is 19.1 Å². The highest BCUT2D eigenvalue weighted by Crippen LogP contribution is 2.49. The molecule has 1 aliphatic heterocycles. The van der Waals surface area contributed by atoms with Gasteiger partial charge in [0, 0.05) is 15.6 Å². The lowest BCUT2D eigenvalue weighted by Crippen LogP contribution is -2.42. The maximum atomic E-state index is 13.9. The number of rotatable bonds is 3. The molecular formula is C16H11Cl2F3N2O3. The molecule has 0 saturated heterocycles. The van der Waals surface area contributed by atoms with Crippen LogP contribution in [-0.2, 0) is 10.4 Å². The van der Waals surface area contributed by atoms with Crippen LogP contribution in [0.3, 0.4) is 0 Å². The Labute approximate surface area is 155 Å². The predicted molar refractivity (Wildman–Crippen MR) is 88.4 cm³/mol. The number of furan rings is 1. The van der Waals surface area contributed by atoms with Gasteiger partial charge in [-0.2, -0.15) is 13.2 Å². The van der Waals surface area contributed by atoms with Crippen molar-refractivity contribution < 1.29 is 27.2 Å². The summed E-state index contributed by atoms with van der Waals surface area (Å²) in [5.74, 6) is -0.623. The second-order valence-electron chi connectivity index (χ2n) is 5.73. The van der Waals surface area contributed by atoms with Crippen molar-refractivity contribution in [3.8, 4) is 0 Å². The van der Waals surface area contributed by atoms with Crippen molar-refractivity contribution in [3.63, 3.8) is 0 Å². The molecule has 1 atom stereocenters. The summed E-state index contributed by atoms with van der Waals surface area (Å²) in [6, 6.07) is 4.77. The number of benzene rings is 1. The number of alkyl halides is 3. The van der Waals surface area contributed by atoms with Crippen LogP contribution >= 0.6 is 23.2 Å². The van der Waals surface area contributed by atoms with Crippen LogP contribution in [-0.4, -0.2) is 17.8 Å². The highest BCUT2D eigenvalue weighted by Gasteiger charge is 2.62. The second-order valence-corrected chi connectivity index (χ2v) is 6.61. The van der Waals surface area contributed by atoms with Crippen LogP contribution < -0.4 is 5.73 Å². The molecule has 26 heavy (non-hydrogen) atoms. The van der Waals surface area contributed by atoms with Crippen LogP contribution in [0.1, 0.15) is 33.9 Å². The summed E-state index contributed by atoms with van der Waals surface area (Å²) in [5.41, 5.74) is 2.07. The molecular weight excluding hydrogens is 396 g/mol. The summed E-state index contributed by atoms with van der Waals surface area (Å²) in [4.78, 5) is 16.2. The van der Waals surface area contributed by atoms with Gasteiger partial charge in [-0.1, -0.05) is 28.4 Å². The fourth-order valence-corrected chi connectivity index (χ4v) is 3.22. The van der Waals surface area contributed by atoms with Gasteiger partial charge in [-0.25, -0.2) is 0 Å². The topological polar surface area (TPSA) is 77.8 Å². The molecule has 1 aliphatic rings. The zero-order chi connectivity index (χ0) is 19.3. The van der Waals surface area contributed by atoms with E-state index in [1.807, 2.05) is 0 Å². The van der Waals surface area contributed by atoms with Gasteiger partial charge in [-0.15, -0.1) is 0 Å². The van der Waals surface area contributed by atoms with Crippen molar-refractivity contribution in [2.24, 2.45) is 10.9 Å². The number of hydrogen-bond donors (Lipinski definition) is 1. The molecule has 0 radical (unpaired) electrons. The van der Waals surface area contributed by atoms with Crippen molar-refractivity contribution >= 4 is 34.8 Å². The molecule has 2 N–H and O–H groups in total. The molecule has 138 valence electrons. The lowest BCUT2D eigenvalue weighted by atomic mass is 9.87. The molecule has 5 nitrogen and oxygen atoms in total. The Hall–Kier alpha value is -2.19. The molecule has 1 unspecified atom stereocenters. The van der Waals surface area contributed by atoms with Gasteiger partial charge in [0.2, 0.25) is 0 Å². The second kappa shape index (κ2) is 6.21. The average molecular weight is 407 g/mol. The van der Waals surface area contributed by atoms with Crippen molar-refractivity contribution in [3.05, 3.63) is 57.0 Å². The van der Waals surface area contributed by atoms with Crippen LogP contribution in [0.2, 0.25) is 10.0 Å². The molecule has 0 bridgehead atoms. The van der Waals surface area contributed by atoms with E-state index in [0.717, 1.165) is 12.1 Å². The van der Waals surface area contributed by atoms with E-state index in [9.17, 15) is 18.0 Å². The summed E-state index contributed by atoms with van der Waals surface area (Å²) in [6.07, 6.45) is -5.50. The van der Waals surface area contributed by atoms with Gasteiger partial charge in [0.15, 0.2) is 5.76 Å². The molecule has 0 fully saturated rings. The van der Waals surface area contributed by atoms with Crippen LogP contribution in [0.15, 0.2) is 33.8 Å². The minimum Gasteiger partial charge on any atom is -0.459 e. The Morgan fingerprint density at radius 2 is 1.85 bits per heavy atom. The number of carbonyl (C=O) groups excluding carboxylic acids is 1. The van der Waals surface area contributed by atoms with E-state index in [4.69, 9.17) is 38.2 Å². The van der Waals surface area contributed by atoms with E-state index < -0.39 is 24.1 Å². The first kappa shape index (κ1) is 18.6. The smallest absolute Gasteiger partial charge is 0.435 e. The van der Waals surface area contributed by atoms with Gasteiger partial charge in [-0.05, 0) is 31.2 Å². The van der Waals surface area contributed by atoms with Gasteiger partial charge in [-0.3, -0.25) is 4.79 Å². The maximum Gasteiger partial charge on any atom is 0.435 e. The lowest BCUT2D eigenvalue weighted by Gasteiger charge is -2.29. The van der Waals surface area contributed by atoms with E-state index >= 15 is 0 Å². The third-order valence-corrected chi connectivity index (χ3v) is 4.42. The minimum absolute atomic E-state index is 0.0260. The molecule has 1 aromatic heterocycles. The number of halogens is 5. The zero-order valence-corrected chi connectivity index (χ0v) is 14.7. The first-order valence-electron chi connectivity index (χ1n) is 7.22. The lowest BCUT2D eigenvalue weighted by molar-refractivity contribution is -0.275. The Bertz CT molecular complexity index is 904. The van der Waals surface area contributed by atoms with Crippen molar-refractivity contribution in [1.82, 2.24) is 0 Å². The third kappa shape index (κ3) is 3.03. The van der Waals surface area contributed by atoms with E-state index in [0.29, 0.717) is 0 Å². The van der Waals surface area contributed by atoms with Gasteiger partial charge < -0.3 is 15.0 Å². The summed E-state index contributed by atoms with van der Waals surface area (Å²) in [5, 5.41) is 3.59. The molecule has 2 heterocycles. The van der Waals surface area contributed by atoms with Gasteiger partial charge in [0.1, 0.15) is 11.5 Å². The Morgan fingerprint density at radius 3 is 2.35 bits per heavy atom. The standard InChI is InChI=1S/C16H11Cl2F3N2O3/c1-7-11(14(22)24)5-13(25-7)12-6-15(26-23-12,16(19,20)21)8-2-9(17)4-10(18)3-8/h2-5H,6H2,1H3,(H2,22,24). The van der Waals surface area contributed by atoms with Crippen LogP contribution in [0.5, 0.6) is 0 Å². The molecule has 10 heteroatoms. The molecule has 0 aliphatic carbocycles. The van der Waals surface area contributed by atoms with Crippen LogP contribution in [0, 0.1) is 6.92 Å². The molecule has 1 aromatic carbocycles. The number of aryl methyl sites for hydroxylation is 1. The fourth-order valence-electron chi connectivity index (χ4n) is 2.69. The highest BCUT2D eigenvalue weighted by molar-refractivity contribution is 6.34. The minimum atomic E-state index is -4.82. The number of hydrogen-bond acceptors (Lipinski definition) is 4. The molecule has 2 aromatic rings. The summed E-state index contributed by atoms with van der Waals surface area (Å²) in [6.45, 7) is 1.47. The first-order chi connectivity index (χ1) is 12.0. The average Bonchev–Trinajstić information content (AvgIpc) is 3.10. The number of oxime groups is 1. The van der Waals surface area contributed by atoms with Crippen LogP contribution in [0.25, 0.3) is 0 Å². The highest BCUT2D eigenvalue weighted by atomic mass is 35.5. The van der Waals surface area contributed by atoms with Gasteiger partial charge in [0.05, 0.1) is 12.0 Å². The van der Waals surface area contributed by atoms with E-state index in [2.05, 4.69) is 5.16 Å². The van der Waals surface area contributed by atoms with Crippen molar-refractivity contribution in [2.75, 3.05) is 0 Å². The molecule has 3 rings (SSSR count). The number of carbonyl (C=O) groups is 1. The summed E-state index contributed by atoms with van der Waals surface area (Å²) in [7, 11) is 0. The summed E-state index contributed by atoms with van der Waals surface area (Å²) >= 11 is 11.7. The monoisotopic (exact) mass is 406 g/mol. The number of amides is 1. The largest absolute Gasteiger partial charge is 0.459 e. The maximum absolute atomic E-state index is 13.9. The number of nitrogens with two attached hydrogens (primary N) is 1. The molecule has 1 amide bonds. The number of nitrogens with zero attached hydrogens (tertiary/aromatic N) is 1. The van der Waals surface area contributed by atoms with E-state index in [-0.39, 0.29) is 38.4 Å². The quantitative estimate of drug-likeness (QED) is 0.810. The Balaban J connectivity index is 2.04. The van der Waals surface area contributed by atoms with Gasteiger partial charge >= 0.3 is 6.18 Å². The zero-order valence-electron chi connectivity index (χ0n) is 13.2.